The number of benzene rings is 3. The third-order valence-corrected chi connectivity index (χ3v) is 8.54. The molecule has 35 heavy (non-hydrogen) atoms. The average molecular weight is 468 g/mol. The van der Waals surface area contributed by atoms with E-state index in [4.69, 9.17) is 4.74 Å². The van der Waals surface area contributed by atoms with Gasteiger partial charge in [-0.05, 0) is 84.5 Å². The summed E-state index contributed by atoms with van der Waals surface area (Å²) in [5.41, 5.74) is 6.47. The van der Waals surface area contributed by atoms with Gasteiger partial charge in [-0.1, -0.05) is 48.5 Å². The molecule has 0 amide bonds. The molecule has 2 heterocycles. The SMILES string of the molecule is O=CC1COC2(CCN(c3ccc(C4c5ccc(O)cc5CCC4c4ccccc4)cc3)CC2)C1. The van der Waals surface area contributed by atoms with E-state index >= 15 is 0 Å². The fourth-order valence-corrected chi connectivity index (χ4v) is 6.66. The molecule has 6 rings (SSSR count). The lowest BCUT2D eigenvalue weighted by atomic mass is 9.69. The van der Waals surface area contributed by atoms with E-state index in [0.29, 0.717) is 18.3 Å². The maximum absolute atomic E-state index is 11.2. The molecule has 1 spiro atoms. The highest BCUT2D eigenvalue weighted by molar-refractivity contribution is 5.55. The first kappa shape index (κ1) is 22.4. The molecule has 0 aromatic heterocycles. The Morgan fingerprint density at radius 2 is 1.71 bits per heavy atom. The van der Waals surface area contributed by atoms with Crippen molar-refractivity contribution in [2.45, 2.75) is 49.5 Å². The Morgan fingerprint density at radius 1 is 0.943 bits per heavy atom. The number of nitrogens with zero attached hydrogens (tertiary/aromatic N) is 1. The average Bonchev–Trinajstić information content (AvgIpc) is 3.31. The van der Waals surface area contributed by atoms with E-state index in [2.05, 4.69) is 65.6 Å². The minimum atomic E-state index is -0.0950. The lowest BCUT2D eigenvalue weighted by Gasteiger charge is -2.40. The molecule has 180 valence electrons. The van der Waals surface area contributed by atoms with Gasteiger partial charge in [0, 0.05) is 30.6 Å². The van der Waals surface area contributed by atoms with E-state index in [1.807, 2.05) is 12.1 Å². The van der Waals surface area contributed by atoms with Crippen LogP contribution in [0.3, 0.4) is 0 Å². The fourth-order valence-electron chi connectivity index (χ4n) is 6.66. The number of ether oxygens (including phenoxy) is 1. The summed E-state index contributed by atoms with van der Waals surface area (Å²) >= 11 is 0. The molecule has 3 aromatic carbocycles. The molecule has 0 radical (unpaired) electrons. The van der Waals surface area contributed by atoms with Crippen LogP contribution in [0.4, 0.5) is 5.69 Å². The van der Waals surface area contributed by atoms with Crippen molar-refractivity contribution in [3.63, 3.8) is 0 Å². The van der Waals surface area contributed by atoms with Crippen LogP contribution in [-0.4, -0.2) is 36.7 Å². The number of fused-ring (bicyclic) bond motifs is 1. The molecule has 2 aliphatic heterocycles. The smallest absolute Gasteiger partial charge is 0.125 e. The van der Waals surface area contributed by atoms with Gasteiger partial charge in [-0.15, -0.1) is 0 Å². The monoisotopic (exact) mass is 467 g/mol. The van der Waals surface area contributed by atoms with Gasteiger partial charge in [-0.25, -0.2) is 0 Å². The summed E-state index contributed by atoms with van der Waals surface area (Å²) in [6, 6.07) is 25.9. The molecule has 1 N–H and O–H groups in total. The summed E-state index contributed by atoms with van der Waals surface area (Å²) in [6.45, 7) is 2.51. The van der Waals surface area contributed by atoms with Crippen LogP contribution in [0.1, 0.15) is 59.8 Å². The number of phenolic OH excluding ortho intramolecular Hbond substituents is 1. The van der Waals surface area contributed by atoms with E-state index < -0.39 is 0 Å². The van der Waals surface area contributed by atoms with Crippen molar-refractivity contribution in [2.75, 3.05) is 24.6 Å². The second-order valence-electron chi connectivity index (χ2n) is 10.6. The highest BCUT2D eigenvalue weighted by Crippen LogP contribution is 2.47. The summed E-state index contributed by atoms with van der Waals surface area (Å²) in [7, 11) is 0. The van der Waals surface area contributed by atoms with Gasteiger partial charge < -0.3 is 19.5 Å². The van der Waals surface area contributed by atoms with Crippen molar-refractivity contribution in [3.8, 4) is 5.75 Å². The molecule has 4 nitrogen and oxygen atoms in total. The first-order chi connectivity index (χ1) is 17.1. The second kappa shape index (κ2) is 9.16. The van der Waals surface area contributed by atoms with Gasteiger partial charge >= 0.3 is 0 Å². The summed E-state index contributed by atoms with van der Waals surface area (Å²) < 4.78 is 6.09. The Morgan fingerprint density at radius 3 is 2.43 bits per heavy atom. The number of carbonyl (C=O) groups is 1. The summed E-state index contributed by atoms with van der Waals surface area (Å²) in [5.74, 6) is 1.11. The lowest BCUT2D eigenvalue weighted by Crippen LogP contribution is -2.44. The number of phenols is 1. The van der Waals surface area contributed by atoms with Crippen LogP contribution in [-0.2, 0) is 16.0 Å². The van der Waals surface area contributed by atoms with Gasteiger partial charge in [0.2, 0.25) is 0 Å². The zero-order valence-electron chi connectivity index (χ0n) is 20.1. The molecule has 0 saturated carbocycles. The molecule has 3 unspecified atom stereocenters. The summed E-state index contributed by atoms with van der Waals surface area (Å²) in [4.78, 5) is 13.6. The molecule has 3 aromatic rings. The van der Waals surface area contributed by atoms with Crippen LogP contribution >= 0.6 is 0 Å². The predicted molar refractivity (Wildman–Crippen MR) is 138 cm³/mol. The van der Waals surface area contributed by atoms with E-state index in [-0.39, 0.29) is 17.4 Å². The quantitative estimate of drug-likeness (QED) is 0.491. The maximum Gasteiger partial charge on any atom is 0.125 e. The largest absolute Gasteiger partial charge is 0.508 e. The molecular formula is C31H33NO3. The standard InChI is InChI=1S/C31H33NO3/c33-20-22-19-31(35-21-22)14-16-32(17-15-31)26-9-6-24(7-10-26)30-28(23-4-2-1-3-5-23)12-8-25-18-27(34)11-13-29(25)30/h1-7,9-11,13,18,20,22,28,30,34H,8,12,14-17,19,21H2. The van der Waals surface area contributed by atoms with Gasteiger partial charge in [0.15, 0.2) is 0 Å². The predicted octanol–water partition coefficient (Wildman–Crippen LogP) is 5.83. The van der Waals surface area contributed by atoms with Crippen molar-refractivity contribution in [2.24, 2.45) is 5.92 Å². The molecule has 2 fully saturated rings. The Balaban J connectivity index is 1.25. The number of aromatic hydroxyl groups is 1. The van der Waals surface area contributed by atoms with Crippen LogP contribution in [0.2, 0.25) is 0 Å². The zero-order chi connectivity index (χ0) is 23.8. The molecule has 3 atom stereocenters. The lowest BCUT2D eigenvalue weighted by molar-refractivity contribution is -0.111. The van der Waals surface area contributed by atoms with Gasteiger partial charge in [0.25, 0.3) is 0 Å². The summed E-state index contributed by atoms with van der Waals surface area (Å²) in [5, 5.41) is 10.1. The maximum atomic E-state index is 11.2. The molecule has 0 bridgehead atoms. The van der Waals surface area contributed by atoms with E-state index in [1.54, 1.807) is 0 Å². The minimum absolute atomic E-state index is 0.0682. The number of carbonyl (C=O) groups excluding carboxylic acids is 1. The van der Waals surface area contributed by atoms with Crippen LogP contribution < -0.4 is 4.90 Å². The zero-order valence-corrected chi connectivity index (χ0v) is 20.1. The first-order valence-electron chi connectivity index (χ1n) is 12.9. The normalized spacial score (nSPS) is 25.4. The number of aldehydes is 1. The summed E-state index contributed by atoms with van der Waals surface area (Å²) in [6.07, 6.45) is 5.96. The topological polar surface area (TPSA) is 49.8 Å². The number of aryl methyl sites for hydroxylation is 1. The Labute approximate surface area is 207 Å². The highest BCUT2D eigenvalue weighted by atomic mass is 16.5. The van der Waals surface area contributed by atoms with Crippen molar-refractivity contribution in [1.29, 1.82) is 0 Å². The number of anilines is 1. The third kappa shape index (κ3) is 4.25. The van der Waals surface area contributed by atoms with Crippen LogP contribution in [0, 0.1) is 5.92 Å². The van der Waals surface area contributed by atoms with E-state index in [1.165, 1.54) is 27.9 Å². The minimum Gasteiger partial charge on any atom is -0.508 e. The number of hydrogen-bond acceptors (Lipinski definition) is 4. The Bertz CT molecular complexity index is 1180. The first-order valence-corrected chi connectivity index (χ1v) is 12.9. The highest BCUT2D eigenvalue weighted by Gasteiger charge is 2.42. The van der Waals surface area contributed by atoms with E-state index in [9.17, 15) is 9.90 Å². The van der Waals surface area contributed by atoms with E-state index in [0.717, 1.165) is 51.5 Å². The van der Waals surface area contributed by atoms with Gasteiger partial charge in [-0.2, -0.15) is 0 Å². The molecule has 2 saturated heterocycles. The van der Waals surface area contributed by atoms with Crippen molar-refractivity contribution in [1.82, 2.24) is 0 Å². The number of hydrogen-bond donors (Lipinski definition) is 1. The number of piperidine rings is 1. The van der Waals surface area contributed by atoms with Crippen molar-refractivity contribution >= 4 is 12.0 Å². The van der Waals surface area contributed by atoms with Gasteiger partial charge in [-0.3, -0.25) is 0 Å². The number of rotatable bonds is 4. The Hall–Kier alpha value is -3.11. The van der Waals surface area contributed by atoms with Crippen molar-refractivity contribution < 1.29 is 14.6 Å². The molecule has 4 heteroatoms. The third-order valence-electron chi connectivity index (χ3n) is 8.54. The van der Waals surface area contributed by atoms with Crippen LogP contribution in [0.5, 0.6) is 5.75 Å². The van der Waals surface area contributed by atoms with Crippen LogP contribution in [0.25, 0.3) is 0 Å². The van der Waals surface area contributed by atoms with Gasteiger partial charge in [0.1, 0.15) is 12.0 Å². The Kier molecular flexibility index (Phi) is 5.85. The molecule has 3 aliphatic rings. The second-order valence-corrected chi connectivity index (χ2v) is 10.6. The fraction of sp³-hybridized carbons (Fsp3) is 0.387. The molecule has 1 aliphatic carbocycles. The van der Waals surface area contributed by atoms with Crippen LogP contribution in [0.15, 0.2) is 72.8 Å². The van der Waals surface area contributed by atoms with Crippen molar-refractivity contribution in [3.05, 3.63) is 95.1 Å². The molecular weight excluding hydrogens is 434 g/mol. The van der Waals surface area contributed by atoms with Gasteiger partial charge in [0.05, 0.1) is 12.2 Å².